The second-order valence-corrected chi connectivity index (χ2v) is 5.57. The number of nitrogens with zero attached hydrogens (tertiary/aromatic N) is 2. The molecular formula is C16H31N2+. The molecule has 104 valence electrons. The molecule has 1 aromatic heterocycles. The first-order valence-electron chi connectivity index (χ1n) is 7.68. The maximum Gasteiger partial charge on any atom is 0.243 e. The Bertz CT molecular complexity index is 339. The van der Waals surface area contributed by atoms with Crippen molar-refractivity contribution >= 4 is 0 Å². The summed E-state index contributed by atoms with van der Waals surface area (Å²) in [6, 6.07) is 0. The number of unbranched alkanes of at least 4 members (excludes halogenated alkanes) is 7. The van der Waals surface area contributed by atoms with Gasteiger partial charge in [-0.15, -0.1) is 0 Å². The molecule has 0 atom stereocenters. The Morgan fingerprint density at radius 2 is 1.50 bits per heavy atom. The Kier molecular flexibility index (Phi) is 7.07. The minimum Gasteiger partial charge on any atom is -0.237 e. The molecule has 0 N–H and O–H groups in total. The van der Waals surface area contributed by atoms with Crippen LogP contribution in [0.15, 0.2) is 6.33 Å². The van der Waals surface area contributed by atoms with Crippen molar-refractivity contribution in [1.82, 2.24) is 4.57 Å². The number of aryl methyl sites for hydroxylation is 2. The molecule has 0 spiro atoms. The van der Waals surface area contributed by atoms with Gasteiger partial charge in [0.05, 0.1) is 13.6 Å². The van der Waals surface area contributed by atoms with E-state index in [1.807, 2.05) is 0 Å². The van der Waals surface area contributed by atoms with Crippen LogP contribution in [0.25, 0.3) is 0 Å². The van der Waals surface area contributed by atoms with Crippen molar-refractivity contribution in [2.45, 2.75) is 78.7 Å². The van der Waals surface area contributed by atoms with E-state index >= 15 is 0 Å². The third-order valence-corrected chi connectivity index (χ3v) is 4.05. The van der Waals surface area contributed by atoms with Crippen LogP contribution in [0.1, 0.15) is 69.7 Å². The van der Waals surface area contributed by atoms with Crippen LogP contribution in [0.3, 0.4) is 0 Å². The van der Waals surface area contributed by atoms with E-state index in [-0.39, 0.29) is 0 Å². The molecule has 2 nitrogen and oxygen atoms in total. The van der Waals surface area contributed by atoms with Crippen LogP contribution < -0.4 is 4.57 Å². The number of aromatic nitrogens is 2. The van der Waals surface area contributed by atoms with Crippen molar-refractivity contribution in [3.05, 3.63) is 17.7 Å². The van der Waals surface area contributed by atoms with Crippen molar-refractivity contribution in [2.24, 2.45) is 7.05 Å². The third kappa shape index (κ3) is 4.83. The molecule has 2 heteroatoms. The van der Waals surface area contributed by atoms with Crippen LogP contribution in [-0.2, 0) is 13.6 Å². The van der Waals surface area contributed by atoms with Gasteiger partial charge in [0, 0.05) is 13.8 Å². The minimum atomic E-state index is 1.18. The van der Waals surface area contributed by atoms with E-state index in [9.17, 15) is 0 Å². The van der Waals surface area contributed by atoms with Gasteiger partial charge in [0.2, 0.25) is 6.33 Å². The summed E-state index contributed by atoms with van der Waals surface area (Å²) in [5.74, 6) is 0. The fraction of sp³-hybridized carbons (Fsp3) is 0.812. The molecule has 1 rings (SSSR count). The van der Waals surface area contributed by atoms with Crippen molar-refractivity contribution in [1.29, 1.82) is 0 Å². The molecule has 1 heterocycles. The summed E-state index contributed by atoms with van der Waals surface area (Å²) in [5.41, 5.74) is 2.80. The molecule has 0 fully saturated rings. The van der Waals surface area contributed by atoms with Crippen LogP contribution in [0, 0.1) is 13.8 Å². The lowest BCUT2D eigenvalue weighted by molar-refractivity contribution is -0.677. The number of hydrogen-bond donors (Lipinski definition) is 0. The quantitative estimate of drug-likeness (QED) is 0.462. The maximum atomic E-state index is 2.40. The van der Waals surface area contributed by atoms with Crippen molar-refractivity contribution in [3.8, 4) is 0 Å². The molecule has 0 aliphatic heterocycles. The highest BCUT2D eigenvalue weighted by molar-refractivity contribution is 5.02. The average Bonchev–Trinajstić information content (AvgIpc) is 2.60. The SMILES string of the molecule is CCCCCCCCCCn1c[n+](C)c(C)c1C. The lowest BCUT2D eigenvalue weighted by Crippen LogP contribution is -2.28. The largest absolute Gasteiger partial charge is 0.243 e. The van der Waals surface area contributed by atoms with E-state index in [0.717, 1.165) is 0 Å². The lowest BCUT2D eigenvalue weighted by Gasteiger charge is -2.01. The highest BCUT2D eigenvalue weighted by Gasteiger charge is 2.11. The first-order chi connectivity index (χ1) is 8.66. The summed E-state index contributed by atoms with van der Waals surface area (Å²) in [7, 11) is 2.13. The van der Waals surface area contributed by atoms with E-state index in [2.05, 4.69) is 43.3 Å². The van der Waals surface area contributed by atoms with Gasteiger partial charge in [0.15, 0.2) is 0 Å². The van der Waals surface area contributed by atoms with Gasteiger partial charge in [-0.05, 0) is 12.8 Å². The summed E-state index contributed by atoms with van der Waals surface area (Å²) < 4.78 is 4.62. The van der Waals surface area contributed by atoms with Crippen LogP contribution in [0.2, 0.25) is 0 Å². The second-order valence-electron chi connectivity index (χ2n) is 5.57. The zero-order chi connectivity index (χ0) is 13.4. The Balaban J connectivity index is 2.09. The Morgan fingerprint density at radius 3 is 2.00 bits per heavy atom. The smallest absolute Gasteiger partial charge is 0.237 e. The molecule has 0 aliphatic rings. The van der Waals surface area contributed by atoms with Gasteiger partial charge in [0.25, 0.3) is 0 Å². The number of rotatable bonds is 9. The third-order valence-electron chi connectivity index (χ3n) is 4.05. The van der Waals surface area contributed by atoms with E-state index in [1.165, 1.54) is 69.3 Å². The standard InChI is InChI=1S/C16H31N2/c1-5-6-7-8-9-10-11-12-13-18-14-17(4)15(2)16(18)3/h14H,5-13H2,1-4H3/q+1. The van der Waals surface area contributed by atoms with Crippen molar-refractivity contribution in [2.75, 3.05) is 0 Å². The van der Waals surface area contributed by atoms with Gasteiger partial charge in [-0.2, -0.15) is 0 Å². The van der Waals surface area contributed by atoms with Gasteiger partial charge in [-0.1, -0.05) is 45.4 Å². The molecule has 0 aromatic carbocycles. The van der Waals surface area contributed by atoms with Crippen LogP contribution in [0.5, 0.6) is 0 Å². The van der Waals surface area contributed by atoms with Crippen LogP contribution >= 0.6 is 0 Å². The predicted molar refractivity (Wildman–Crippen MR) is 77.7 cm³/mol. The molecule has 18 heavy (non-hydrogen) atoms. The fourth-order valence-electron chi connectivity index (χ4n) is 2.49. The first-order valence-corrected chi connectivity index (χ1v) is 7.68. The van der Waals surface area contributed by atoms with E-state index < -0.39 is 0 Å². The highest BCUT2D eigenvalue weighted by Crippen LogP contribution is 2.10. The maximum absolute atomic E-state index is 2.40. The molecule has 0 aliphatic carbocycles. The van der Waals surface area contributed by atoms with Gasteiger partial charge in [-0.25, -0.2) is 9.13 Å². The summed E-state index contributed by atoms with van der Waals surface area (Å²) in [4.78, 5) is 0. The molecule has 0 radical (unpaired) electrons. The second kappa shape index (κ2) is 8.34. The van der Waals surface area contributed by atoms with Crippen LogP contribution in [-0.4, -0.2) is 4.57 Å². The topological polar surface area (TPSA) is 8.81 Å². The van der Waals surface area contributed by atoms with Crippen LogP contribution in [0.4, 0.5) is 0 Å². The number of hydrogen-bond acceptors (Lipinski definition) is 0. The van der Waals surface area contributed by atoms with Gasteiger partial charge in [-0.3, -0.25) is 0 Å². The van der Waals surface area contributed by atoms with E-state index in [4.69, 9.17) is 0 Å². The zero-order valence-electron chi connectivity index (χ0n) is 12.8. The fourth-order valence-corrected chi connectivity index (χ4v) is 2.49. The van der Waals surface area contributed by atoms with Gasteiger partial charge >= 0.3 is 0 Å². The molecule has 0 amide bonds. The normalized spacial score (nSPS) is 11.1. The molecular weight excluding hydrogens is 220 g/mol. The first kappa shape index (κ1) is 15.3. The minimum absolute atomic E-state index is 1.18. The zero-order valence-corrected chi connectivity index (χ0v) is 12.8. The molecule has 0 saturated heterocycles. The summed E-state index contributed by atoms with van der Waals surface area (Å²) in [5, 5.41) is 0. The Labute approximate surface area is 113 Å². The molecule has 1 aromatic rings. The lowest BCUT2D eigenvalue weighted by atomic mass is 10.1. The van der Waals surface area contributed by atoms with Gasteiger partial charge in [0.1, 0.15) is 11.4 Å². The molecule has 0 unspecified atom stereocenters. The Hall–Kier alpha value is -0.790. The summed E-state index contributed by atoms with van der Waals surface area (Å²) >= 11 is 0. The number of imidazole rings is 1. The van der Waals surface area contributed by atoms with Crippen molar-refractivity contribution in [3.63, 3.8) is 0 Å². The summed E-state index contributed by atoms with van der Waals surface area (Å²) in [6.45, 7) is 7.88. The average molecular weight is 251 g/mol. The predicted octanol–water partition coefficient (Wildman–Crippen LogP) is 4.07. The molecule has 0 bridgehead atoms. The monoisotopic (exact) mass is 251 g/mol. The van der Waals surface area contributed by atoms with E-state index in [0.29, 0.717) is 0 Å². The molecule has 0 saturated carbocycles. The van der Waals surface area contributed by atoms with E-state index in [1.54, 1.807) is 0 Å². The highest BCUT2D eigenvalue weighted by atomic mass is 15.1. The summed E-state index contributed by atoms with van der Waals surface area (Å²) in [6.07, 6.45) is 13.4. The van der Waals surface area contributed by atoms with Crippen molar-refractivity contribution < 1.29 is 4.57 Å². The van der Waals surface area contributed by atoms with Gasteiger partial charge < -0.3 is 0 Å². The Morgan fingerprint density at radius 1 is 0.944 bits per heavy atom.